The van der Waals surface area contributed by atoms with E-state index in [-0.39, 0.29) is 41.0 Å². The Morgan fingerprint density at radius 3 is 2.10 bits per heavy atom. The number of esters is 2. The number of methoxy groups -OCH3 is 1. The highest BCUT2D eigenvalue weighted by Gasteiger charge is 2.41. The van der Waals surface area contributed by atoms with Crippen LogP contribution in [0.5, 0.6) is 0 Å². The van der Waals surface area contributed by atoms with Gasteiger partial charge in [0.25, 0.3) is 0 Å². The summed E-state index contributed by atoms with van der Waals surface area (Å²) in [7, 11) is -4.00. The Balaban J connectivity index is 3.06. The molecule has 0 radical (unpaired) electrons. The predicted molar refractivity (Wildman–Crippen MR) is 172 cm³/mol. The highest BCUT2D eigenvalue weighted by Crippen LogP contribution is 2.37. The number of sulfone groups is 1. The molecule has 0 saturated heterocycles. The van der Waals surface area contributed by atoms with Crippen molar-refractivity contribution in [2.45, 2.75) is 124 Å². The lowest BCUT2D eigenvalue weighted by Gasteiger charge is -2.36. The van der Waals surface area contributed by atoms with Crippen LogP contribution in [-0.2, 0) is 45.2 Å². The SMILES string of the molecule is COC(=O)[C@@H](C)Cc1cccc(C(C)(CCCC(C)(C)CS(=O)(=O)CCO[Si](C)(C)C(C)(C)C)C(=O)OC(C)(C)C)n1. The van der Waals surface area contributed by atoms with Gasteiger partial charge in [-0.3, -0.25) is 14.6 Å². The Morgan fingerprint density at radius 1 is 0.976 bits per heavy atom. The first-order valence-electron chi connectivity index (χ1n) is 15.0. The fourth-order valence-corrected chi connectivity index (χ4v) is 7.53. The van der Waals surface area contributed by atoms with Crippen molar-refractivity contribution in [2.24, 2.45) is 11.3 Å². The van der Waals surface area contributed by atoms with E-state index in [4.69, 9.17) is 18.9 Å². The van der Waals surface area contributed by atoms with Gasteiger partial charge in [0.05, 0.1) is 30.2 Å². The normalized spacial score (nSPS) is 15.5. The molecule has 0 N–H and O–H groups in total. The number of hydrogen-bond acceptors (Lipinski definition) is 8. The minimum Gasteiger partial charge on any atom is -0.469 e. The van der Waals surface area contributed by atoms with Gasteiger partial charge in [0.1, 0.15) is 11.0 Å². The van der Waals surface area contributed by atoms with E-state index in [1.54, 1.807) is 6.92 Å². The maximum Gasteiger partial charge on any atom is 0.318 e. The number of rotatable bonds is 15. The molecule has 0 aliphatic carbocycles. The summed E-state index contributed by atoms with van der Waals surface area (Å²) in [4.78, 5) is 30.3. The van der Waals surface area contributed by atoms with Crippen LogP contribution in [0.2, 0.25) is 18.1 Å². The second kappa shape index (κ2) is 14.3. The number of hydrogen-bond donors (Lipinski definition) is 0. The Bertz CT molecular complexity index is 1170. The molecule has 1 heterocycles. The fraction of sp³-hybridized carbons (Fsp3) is 0.781. The minimum absolute atomic E-state index is 0.000721. The number of carbonyl (C=O) groups excluding carboxylic acids is 2. The monoisotopic (exact) mass is 627 g/mol. The average Bonchev–Trinajstić information content (AvgIpc) is 2.80. The van der Waals surface area contributed by atoms with Crippen molar-refractivity contribution < 1.29 is 31.9 Å². The van der Waals surface area contributed by atoms with E-state index in [9.17, 15) is 18.0 Å². The van der Waals surface area contributed by atoms with E-state index < -0.39 is 34.6 Å². The van der Waals surface area contributed by atoms with Gasteiger partial charge >= 0.3 is 11.9 Å². The number of carbonyl (C=O) groups is 2. The third-order valence-corrected chi connectivity index (χ3v) is 14.7. The van der Waals surface area contributed by atoms with Crippen molar-refractivity contribution in [2.75, 3.05) is 25.2 Å². The molecule has 2 atom stereocenters. The van der Waals surface area contributed by atoms with Crippen LogP contribution in [0.1, 0.15) is 99.9 Å². The molecule has 10 heteroatoms. The second-order valence-corrected chi connectivity index (χ2v) is 22.2. The minimum atomic E-state index is -3.34. The topological polar surface area (TPSA) is 109 Å². The van der Waals surface area contributed by atoms with Crippen LogP contribution >= 0.6 is 0 Å². The van der Waals surface area contributed by atoms with Gasteiger partial charge in [-0.1, -0.05) is 54.0 Å². The largest absolute Gasteiger partial charge is 0.469 e. The summed E-state index contributed by atoms with van der Waals surface area (Å²) in [5.41, 5.74) is -0.972. The van der Waals surface area contributed by atoms with E-state index in [0.29, 0.717) is 37.1 Å². The van der Waals surface area contributed by atoms with Crippen molar-refractivity contribution in [1.29, 1.82) is 0 Å². The third kappa shape index (κ3) is 12.1. The quantitative estimate of drug-likeness (QED) is 0.157. The van der Waals surface area contributed by atoms with Crippen molar-refractivity contribution >= 4 is 30.1 Å². The molecule has 42 heavy (non-hydrogen) atoms. The number of nitrogens with zero attached hydrogens (tertiary/aromatic N) is 1. The van der Waals surface area contributed by atoms with Gasteiger partial charge < -0.3 is 13.9 Å². The van der Waals surface area contributed by atoms with Gasteiger partial charge in [-0.05, 0) is 76.2 Å². The summed E-state index contributed by atoms with van der Waals surface area (Å²) in [6, 6.07) is 5.49. The predicted octanol–water partition coefficient (Wildman–Crippen LogP) is 6.67. The van der Waals surface area contributed by atoms with Crippen LogP contribution < -0.4 is 0 Å². The average molecular weight is 628 g/mol. The molecule has 0 amide bonds. The third-order valence-electron chi connectivity index (χ3n) is 8.14. The zero-order valence-electron chi connectivity index (χ0n) is 28.5. The molecular weight excluding hydrogens is 571 g/mol. The summed E-state index contributed by atoms with van der Waals surface area (Å²) in [6.07, 6.45) is 2.02. The Labute approximate surface area is 256 Å². The first kappa shape index (κ1) is 38.2. The van der Waals surface area contributed by atoms with Crippen LogP contribution in [-0.4, -0.2) is 64.5 Å². The van der Waals surface area contributed by atoms with E-state index >= 15 is 0 Å². The van der Waals surface area contributed by atoms with E-state index in [2.05, 4.69) is 33.9 Å². The van der Waals surface area contributed by atoms with E-state index in [0.717, 1.165) is 0 Å². The molecule has 0 aromatic carbocycles. The fourth-order valence-electron chi connectivity index (χ4n) is 4.52. The Morgan fingerprint density at radius 2 is 1.57 bits per heavy atom. The van der Waals surface area contributed by atoms with E-state index in [1.807, 2.05) is 59.7 Å². The molecule has 1 aromatic rings. The molecule has 0 bridgehead atoms. The lowest BCUT2D eigenvalue weighted by Crippen LogP contribution is -2.42. The van der Waals surface area contributed by atoms with Crippen molar-refractivity contribution in [3.05, 3.63) is 29.6 Å². The zero-order valence-corrected chi connectivity index (χ0v) is 30.3. The van der Waals surface area contributed by atoms with Gasteiger partial charge in [0, 0.05) is 18.7 Å². The molecule has 8 nitrogen and oxygen atoms in total. The van der Waals surface area contributed by atoms with Gasteiger partial charge in [-0.15, -0.1) is 0 Å². The zero-order chi connectivity index (χ0) is 32.8. The number of aromatic nitrogens is 1. The molecular formula is C32H57NO7SSi. The maximum atomic E-state index is 13.6. The van der Waals surface area contributed by atoms with Crippen molar-refractivity contribution in [3.63, 3.8) is 0 Å². The number of pyridine rings is 1. The lowest BCUT2D eigenvalue weighted by atomic mass is 9.78. The Hall–Kier alpha value is -1.78. The van der Waals surface area contributed by atoms with Gasteiger partial charge in [0.2, 0.25) is 0 Å². The first-order valence-corrected chi connectivity index (χ1v) is 19.7. The van der Waals surface area contributed by atoms with Crippen LogP contribution in [0.25, 0.3) is 0 Å². The van der Waals surface area contributed by atoms with Crippen LogP contribution in [0.4, 0.5) is 0 Å². The Kier molecular flexibility index (Phi) is 13.0. The van der Waals surface area contributed by atoms with Gasteiger partial charge in [-0.2, -0.15) is 0 Å². The summed E-state index contributed by atoms with van der Waals surface area (Å²) in [5.74, 6) is -1.03. The lowest BCUT2D eigenvalue weighted by molar-refractivity contribution is -0.162. The molecule has 1 rings (SSSR count). The van der Waals surface area contributed by atoms with Gasteiger partial charge in [0.15, 0.2) is 18.2 Å². The molecule has 0 fully saturated rings. The van der Waals surface area contributed by atoms with Crippen LogP contribution in [0.3, 0.4) is 0 Å². The van der Waals surface area contributed by atoms with Crippen LogP contribution in [0.15, 0.2) is 18.2 Å². The smallest absolute Gasteiger partial charge is 0.318 e. The van der Waals surface area contributed by atoms with Crippen molar-refractivity contribution in [3.8, 4) is 0 Å². The molecule has 242 valence electrons. The summed E-state index contributed by atoms with van der Waals surface area (Å²) in [6.45, 7) is 23.9. The standard InChI is InChI=1S/C32H57NO7SSi/c1-24(27(34)38-11)22-25-16-14-17-26(33-25)32(10,28(35)40-29(2,3)4)19-15-18-31(8,9)23-41(36,37)21-20-39-42(12,13)30(5,6)7/h14,16-17,24H,15,18-23H2,1-13H3/t24-,32?/m0/s1. The van der Waals surface area contributed by atoms with E-state index in [1.165, 1.54) is 7.11 Å². The molecule has 1 unspecified atom stereocenters. The summed E-state index contributed by atoms with van der Waals surface area (Å²) < 4.78 is 42.9. The van der Waals surface area contributed by atoms with Gasteiger partial charge in [-0.25, -0.2) is 8.42 Å². The highest BCUT2D eigenvalue weighted by atomic mass is 32.2. The molecule has 0 saturated carbocycles. The molecule has 0 aliphatic rings. The second-order valence-electron chi connectivity index (χ2n) is 15.2. The summed E-state index contributed by atoms with van der Waals surface area (Å²) >= 11 is 0. The first-order chi connectivity index (χ1) is 18.8. The van der Waals surface area contributed by atoms with Crippen molar-refractivity contribution in [1.82, 2.24) is 4.98 Å². The highest BCUT2D eigenvalue weighted by molar-refractivity contribution is 7.91. The number of ether oxygens (including phenoxy) is 2. The molecule has 0 aliphatic heterocycles. The maximum absolute atomic E-state index is 13.6. The van der Waals surface area contributed by atoms with Crippen LogP contribution in [0, 0.1) is 11.3 Å². The summed E-state index contributed by atoms with van der Waals surface area (Å²) in [5, 5.41) is 0.0186. The molecule has 0 spiro atoms. The molecule has 1 aromatic heterocycles.